The van der Waals surface area contributed by atoms with Crippen LogP contribution >= 0.6 is 0 Å². The fraction of sp³-hybridized carbons (Fsp3) is 0.211. The van der Waals surface area contributed by atoms with Crippen LogP contribution in [0.25, 0.3) is 5.70 Å². The van der Waals surface area contributed by atoms with E-state index in [0.29, 0.717) is 17.7 Å². The van der Waals surface area contributed by atoms with Crippen molar-refractivity contribution in [2.45, 2.75) is 4.90 Å². The third kappa shape index (κ3) is 3.11. The number of fused-ring (bicyclic) bond motifs is 1. The highest BCUT2D eigenvalue weighted by atomic mass is 32.2. The molecule has 1 aliphatic rings. The Morgan fingerprint density at radius 2 is 1.65 bits per heavy atom. The molecular formula is C19H21N3O3S. The van der Waals surface area contributed by atoms with Gasteiger partial charge in [-0.3, -0.25) is 9.10 Å². The van der Waals surface area contributed by atoms with Gasteiger partial charge in [-0.05, 0) is 20.2 Å². The second-order valence-corrected chi connectivity index (χ2v) is 8.16. The molecule has 0 bridgehead atoms. The average molecular weight is 371 g/mol. The lowest BCUT2D eigenvalue weighted by Gasteiger charge is -2.33. The van der Waals surface area contributed by atoms with Crippen LogP contribution in [-0.4, -0.2) is 50.6 Å². The summed E-state index contributed by atoms with van der Waals surface area (Å²) in [6.07, 6.45) is 0. The molecule has 2 aromatic rings. The molecule has 0 radical (unpaired) electrons. The number of carbonyl (C=O) groups is 1. The number of rotatable bonds is 5. The molecule has 0 atom stereocenters. The number of allylic oxidation sites excluding steroid dienone is 1. The molecule has 0 aliphatic carbocycles. The van der Waals surface area contributed by atoms with Crippen molar-refractivity contribution in [3.8, 4) is 0 Å². The van der Waals surface area contributed by atoms with Crippen LogP contribution in [0.3, 0.4) is 0 Å². The molecular weight excluding hydrogens is 350 g/mol. The zero-order valence-corrected chi connectivity index (χ0v) is 15.5. The summed E-state index contributed by atoms with van der Waals surface area (Å²) >= 11 is 0. The maximum absolute atomic E-state index is 13.2. The highest BCUT2D eigenvalue weighted by Crippen LogP contribution is 2.35. The fourth-order valence-electron chi connectivity index (χ4n) is 2.90. The van der Waals surface area contributed by atoms with Gasteiger partial charge in [0.1, 0.15) is 5.70 Å². The van der Waals surface area contributed by atoms with Crippen molar-refractivity contribution in [3.05, 3.63) is 71.4 Å². The molecule has 0 fully saturated rings. The molecule has 1 heterocycles. The molecule has 0 unspecified atom stereocenters. The summed E-state index contributed by atoms with van der Waals surface area (Å²) in [5, 5.41) is 0. The van der Waals surface area contributed by atoms with E-state index in [0.717, 1.165) is 4.31 Å². The molecule has 2 aromatic carbocycles. The number of sulfonamides is 1. The Kier molecular flexibility index (Phi) is 4.84. The first-order valence-corrected chi connectivity index (χ1v) is 9.64. The Morgan fingerprint density at radius 3 is 2.31 bits per heavy atom. The molecule has 6 nitrogen and oxygen atoms in total. The van der Waals surface area contributed by atoms with Gasteiger partial charge in [0, 0.05) is 24.2 Å². The van der Waals surface area contributed by atoms with Crippen LogP contribution in [0.1, 0.15) is 15.9 Å². The van der Waals surface area contributed by atoms with Crippen molar-refractivity contribution in [1.29, 1.82) is 0 Å². The zero-order chi connectivity index (χ0) is 18.9. The van der Waals surface area contributed by atoms with E-state index in [9.17, 15) is 13.2 Å². The van der Waals surface area contributed by atoms with E-state index in [1.54, 1.807) is 48.5 Å². The van der Waals surface area contributed by atoms with Crippen LogP contribution in [0, 0.1) is 0 Å². The van der Waals surface area contributed by atoms with Crippen molar-refractivity contribution in [2.75, 3.05) is 27.2 Å². The Balaban J connectivity index is 2.20. The van der Waals surface area contributed by atoms with Gasteiger partial charge >= 0.3 is 0 Å². The SMILES string of the molecule is CN(C)CCN1C(C(=O)c2ccccc2)=C(N)c2ccccc2S1(=O)=O. The van der Waals surface area contributed by atoms with E-state index < -0.39 is 15.8 Å². The zero-order valence-electron chi connectivity index (χ0n) is 14.7. The molecule has 136 valence electrons. The lowest BCUT2D eigenvalue weighted by molar-refractivity contribution is 0.101. The van der Waals surface area contributed by atoms with Gasteiger partial charge in [0.15, 0.2) is 0 Å². The molecule has 26 heavy (non-hydrogen) atoms. The maximum Gasteiger partial charge on any atom is 0.265 e. The average Bonchev–Trinajstić information content (AvgIpc) is 2.63. The highest BCUT2D eigenvalue weighted by molar-refractivity contribution is 7.89. The maximum atomic E-state index is 13.2. The summed E-state index contributed by atoms with van der Waals surface area (Å²) in [4.78, 5) is 15.1. The number of ketones is 1. The van der Waals surface area contributed by atoms with Gasteiger partial charge in [0.25, 0.3) is 10.0 Å². The minimum atomic E-state index is -3.87. The Hall–Kier alpha value is -2.64. The largest absolute Gasteiger partial charge is 0.396 e. The van der Waals surface area contributed by atoms with E-state index in [2.05, 4.69) is 0 Å². The summed E-state index contributed by atoms with van der Waals surface area (Å²) in [6, 6.07) is 15.1. The second kappa shape index (κ2) is 6.93. The second-order valence-electron chi connectivity index (χ2n) is 6.33. The lowest BCUT2D eigenvalue weighted by atomic mass is 10.0. The number of hydrogen-bond donors (Lipinski definition) is 1. The number of nitrogens with two attached hydrogens (primary N) is 1. The molecule has 7 heteroatoms. The van der Waals surface area contributed by atoms with Gasteiger partial charge in [-0.25, -0.2) is 8.42 Å². The van der Waals surface area contributed by atoms with E-state index in [1.165, 1.54) is 6.07 Å². The van der Waals surface area contributed by atoms with Gasteiger partial charge < -0.3 is 10.6 Å². The number of nitrogens with zero attached hydrogens (tertiary/aromatic N) is 2. The van der Waals surface area contributed by atoms with E-state index in [-0.39, 0.29) is 22.8 Å². The van der Waals surface area contributed by atoms with Crippen molar-refractivity contribution >= 4 is 21.5 Å². The number of benzene rings is 2. The summed E-state index contributed by atoms with van der Waals surface area (Å²) in [5.74, 6) is -0.403. The van der Waals surface area contributed by atoms with Gasteiger partial charge in [-0.2, -0.15) is 0 Å². The third-order valence-electron chi connectivity index (χ3n) is 4.25. The third-order valence-corrected chi connectivity index (χ3v) is 6.11. The molecule has 0 spiro atoms. The topological polar surface area (TPSA) is 83.7 Å². The molecule has 0 saturated heterocycles. The van der Waals surface area contributed by atoms with E-state index >= 15 is 0 Å². The standard InChI is InChI=1S/C19H21N3O3S/c1-21(2)12-13-22-18(19(23)14-8-4-3-5-9-14)17(20)15-10-6-7-11-16(15)26(22,24)25/h3-11H,12-13,20H2,1-2H3. The molecule has 0 aromatic heterocycles. The van der Waals surface area contributed by atoms with Crippen molar-refractivity contribution in [2.24, 2.45) is 5.73 Å². The van der Waals surface area contributed by atoms with Crippen LogP contribution in [0.4, 0.5) is 0 Å². The van der Waals surface area contributed by atoms with Gasteiger partial charge in [0.2, 0.25) is 5.78 Å². The summed E-state index contributed by atoms with van der Waals surface area (Å²) in [5.41, 5.74) is 7.25. The first kappa shape index (κ1) is 18.2. The van der Waals surface area contributed by atoms with Crippen LogP contribution in [0.15, 0.2) is 65.2 Å². The molecule has 1 aliphatic heterocycles. The quantitative estimate of drug-likeness (QED) is 0.810. The molecule has 0 amide bonds. The number of Topliss-reactive ketones (excluding diaryl/α,β-unsaturated/α-hetero) is 1. The minimum absolute atomic E-state index is 0.0109. The Labute approximate surface area is 153 Å². The normalized spacial score (nSPS) is 15.9. The number of likely N-dealkylation sites (N-methyl/N-ethyl adjacent to an activating group) is 1. The molecule has 0 saturated carbocycles. The summed E-state index contributed by atoms with van der Waals surface area (Å²) in [6.45, 7) is 0.596. The highest BCUT2D eigenvalue weighted by Gasteiger charge is 2.38. The first-order chi connectivity index (χ1) is 12.3. The van der Waals surface area contributed by atoms with Crippen molar-refractivity contribution < 1.29 is 13.2 Å². The first-order valence-electron chi connectivity index (χ1n) is 8.20. The van der Waals surface area contributed by atoms with E-state index in [1.807, 2.05) is 19.0 Å². The van der Waals surface area contributed by atoms with E-state index in [4.69, 9.17) is 5.73 Å². The Bertz CT molecular complexity index is 967. The Morgan fingerprint density at radius 1 is 1.04 bits per heavy atom. The molecule has 3 rings (SSSR count). The van der Waals surface area contributed by atoms with Crippen LogP contribution in [0.2, 0.25) is 0 Å². The summed E-state index contributed by atoms with van der Waals surface area (Å²) in [7, 11) is -0.179. The van der Waals surface area contributed by atoms with Crippen molar-refractivity contribution in [1.82, 2.24) is 9.21 Å². The van der Waals surface area contributed by atoms with Crippen LogP contribution in [0.5, 0.6) is 0 Å². The van der Waals surface area contributed by atoms with Gasteiger partial charge in [0.05, 0.1) is 10.6 Å². The van der Waals surface area contributed by atoms with Crippen LogP contribution in [-0.2, 0) is 10.0 Å². The summed E-state index contributed by atoms with van der Waals surface area (Å²) < 4.78 is 27.5. The van der Waals surface area contributed by atoms with Gasteiger partial charge in [-0.1, -0.05) is 48.5 Å². The minimum Gasteiger partial charge on any atom is -0.396 e. The van der Waals surface area contributed by atoms with Crippen LogP contribution < -0.4 is 5.73 Å². The predicted molar refractivity (Wildman–Crippen MR) is 101 cm³/mol. The smallest absolute Gasteiger partial charge is 0.265 e. The number of carbonyl (C=O) groups excluding carboxylic acids is 1. The van der Waals surface area contributed by atoms with Crippen molar-refractivity contribution in [3.63, 3.8) is 0 Å². The fourth-order valence-corrected chi connectivity index (χ4v) is 4.59. The monoisotopic (exact) mass is 371 g/mol. The predicted octanol–water partition coefficient (Wildman–Crippen LogP) is 1.76. The molecule has 2 N–H and O–H groups in total. The number of hydrogen-bond acceptors (Lipinski definition) is 5. The lowest BCUT2D eigenvalue weighted by Crippen LogP contribution is -2.42. The van der Waals surface area contributed by atoms with Gasteiger partial charge in [-0.15, -0.1) is 0 Å².